The maximum atomic E-state index is 13.3. The molecule has 6 nitrogen and oxygen atoms in total. The molecule has 2 aromatic heterocycles. The number of hydrogen-bond donors (Lipinski definition) is 1. The van der Waals surface area contributed by atoms with E-state index in [0.29, 0.717) is 24.2 Å². The van der Waals surface area contributed by atoms with Crippen LogP contribution in [0, 0.1) is 12.8 Å². The topological polar surface area (TPSA) is 79.5 Å². The molecule has 1 atom stereocenters. The smallest absolute Gasteiger partial charge is 0.396 e. The molecule has 1 N–H and O–H groups in total. The number of carbonyl (C=O) groups excluding carboxylic acids is 1. The molecule has 9 heteroatoms. The Morgan fingerprint density at radius 3 is 2.87 bits per heavy atom. The van der Waals surface area contributed by atoms with Gasteiger partial charge >= 0.3 is 6.18 Å². The van der Waals surface area contributed by atoms with Crippen LogP contribution < -0.4 is 0 Å². The predicted octanol–water partition coefficient (Wildman–Crippen LogP) is 4.06. The number of alkyl halides is 3. The number of nitrogens with zero attached hydrogens (tertiary/aromatic N) is 3. The molecule has 0 unspecified atom stereocenters. The number of pyridine rings is 1. The van der Waals surface area contributed by atoms with Crippen LogP contribution >= 0.6 is 0 Å². The first kappa shape index (κ1) is 20.3. The number of fused-ring (bicyclic) bond motifs is 1. The molecule has 0 bridgehead atoms. The molecule has 30 heavy (non-hydrogen) atoms. The summed E-state index contributed by atoms with van der Waals surface area (Å²) in [6.45, 7) is 2.64. The van der Waals surface area contributed by atoms with E-state index in [9.17, 15) is 23.1 Å². The SMILES string of the molecule is Cc1noc2nc(-c3cccc(C(F)(F)F)c3)cc(C(=O)N3CCC[C@H](CO)C3)c12. The summed E-state index contributed by atoms with van der Waals surface area (Å²) in [5.74, 6) is -0.272. The minimum absolute atomic E-state index is 0.00266. The molecule has 0 spiro atoms. The van der Waals surface area contributed by atoms with E-state index in [1.54, 1.807) is 11.8 Å². The second kappa shape index (κ2) is 7.71. The van der Waals surface area contributed by atoms with Crippen LogP contribution in [0.25, 0.3) is 22.4 Å². The minimum atomic E-state index is -4.49. The van der Waals surface area contributed by atoms with E-state index < -0.39 is 11.7 Å². The molecule has 0 saturated carbocycles. The predicted molar refractivity (Wildman–Crippen MR) is 103 cm³/mol. The summed E-state index contributed by atoms with van der Waals surface area (Å²) in [6, 6.07) is 6.27. The van der Waals surface area contributed by atoms with E-state index in [-0.39, 0.29) is 41.0 Å². The number of likely N-dealkylation sites (tertiary alicyclic amines) is 1. The van der Waals surface area contributed by atoms with Crippen molar-refractivity contribution in [3.05, 3.63) is 47.2 Å². The monoisotopic (exact) mass is 419 g/mol. The average molecular weight is 419 g/mol. The fourth-order valence-electron chi connectivity index (χ4n) is 3.84. The third-order valence-corrected chi connectivity index (χ3v) is 5.40. The van der Waals surface area contributed by atoms with Gasteiger partial charge in [0, 0.05) is 25.3 Å². The number of benzene rings is 1. The zero-order chi connectivity index (χ0) is 21.5. The van der Waals surface area contributed by atoms with E-state index in [1.807, 2.05) is 0 Å². The normalized spacial score (nSPS) is 17.5. The Kier molecular flexibility index (Phi) is 5.23. The molecule has 0 radical (unpaired) electrons. The van der Waals surface area contributed by atoms with Gasteiger partial charge in [0.05, 0.1) is 27.9 Å². The van der Waals surface area contributed by atoms with Crippen LogP contribution in [0.1, 0.15) is 34.5 Å². The first-order chi connectivity index (χ1) is 14.3. The Morgan fingerprint density at radius 2 is 2.13 bits per heavy atom. The zero-order valence-electron chi connectivity index (χ0n) is 16.2. The summed E-state index contributed by atoms with van der Waals surface area (Å²) in [7, 11) is 0. The van der Waals surface area contributed by atoms with Crippen molar-refractivity contribution < 1.29 is 27.6 Å². The van der Waals surface area contributed by atoms with Gasteiger partial charge in [0.15, 0.2) is 0 Å². The Labute approximate surface area is 170 Å². The number of amides is 1. The summed E-state index contributed by atoms with van der Waals surface area (Å²) >= 11 is 0. The Morgan fingerprint density at radius 1 is 1.33 bits per heavy atom. The van der Waals surface area contributed by atoms with Crippen LogP contribution in [0.2, 0.25) is 0 Å². The molecule has 1 fully saturated rings. The number of aromatic nitrogens is 2. The molecular formula is C21H20F3N3O3. The van der Waals surface area contributed by atoms with Crippen molar-refractivity contribution in [1.29, 1.82) is 0 Å². The number of rotatable bonds is 3. The third-order valence-electron chi connectivity index (χ3n) is 5.40. The van der Waals surface area contributed by atoms with E-state index in [4.69, 9.17) is 4.52 Å². The van der Waals surface area contributed by atoms with Gasteiger partial charge in [-0.3, -0.25) is 4.79 Å². The van der Waals surface area contributed by atoms with Gasteiger partial charge < -0.3 is 14.5 Å². The quantitative estimate of drug-likeness (QED) is 0.693. The number of carbonyl (C=O) groups is 1. The number of aliphatic hydroxyl groups excluding tert-OH is 1. The fraction of sp³-hybridized carbons (Fsp3) is 0.381. The van der Waals surface area contributed by atoms with Crippen molar-refractivity contribution in [2.75, 3.05) is 19.7 Å². The second-order valence-electron chi connectivity index (χ2n) is 7.52. The van der Waals surface area contributed by atoms with Crippen LogP contribution in [-0.4, -0.2) is 45.8 Å². The molecule has 1 saturated heterocycles. The standard InChI is InChI=1S/C21H20F3N3O3/c1-12-18-16(20(29)27-7-3-4-13(10-27)11-28)9-17(25-19(18)30-26-12)14-5-2-6-15(8-14)21(22,23)24/h2,5-6,8-9,13,28H,3-4,7,10-11H2,1H3/t13-/m0/s1. The van der Waals surface area contributed by atoms with E-state index in [2.05, 4.69) is 10.1 Å². The lowest BCUT2D eigenvalue weighted by Gasteiger charge is -2.32. The molecule has 0 aliphatic carbocycles. The fourth-order valence-corrected chi connectivity index (χ4v) is 3.84. The van der Waals surface area contributed by atoms with E-state index >= 15 is 0 Å². The van der Waals surface area contributed by atoms with Gasteiger partial charge in [-0.1, -0.05) is 17.3 Å². The van der Waals surface area contributed by atoms with Gasteiger partial charge in [0.1, 0.15) is 0 Å². The van der Waals surface area contributed by atoms with Gasteiger partial charge in [-0.25, -0.2) is 4.98 Å². The number of aliphatic hydroxyl groups is 1. The molecule has 3 heterocycles. The molecular weight excluding hydrogens is 399 g/mol. The summed E-state index contributed by atoms with van der Waals surface area (Å²) in [5.41, 5.74) is 0.481. The van der Waals surface area contributed by atoms with E-state index in [1.165, 1.54) is 18.2 Å². The van der Waals surface area contributed by atoms with Crippen LogP contribution in [0.5, 0.6) is 0 Å². The number of piperidine rings is 1. The average Bonchev–Trinajstić information content (AvgIpc) is 3.13. The molecule has 1 aliphatic rings. The van der Waals surface area contributed by atoms with Crippen molar-refractivity contribution in [1.82, 2.24) is 15.0 Å². The van der Waals surface area contributed by atoms with Gasteiger partial charge in [0.25, 0.3) is 11.6 Å². The molecule has 4 rings (SSSR count). The highest BCUT2D eigenvalue weighted by molar-refractivity contribution is 6.07. The highest BCUT2D eigenvalue weighted by atomic mass is 19.4. The Balaban J connectivity index is 1.80. The maximum Gasteiger partial charge on any atom is 0.416 e. The summed E-state index contributed by atoms with van der Waals surface area (Å²) in [4.78, 5) is 19.3. The van der Waals surface area contributed by atoms with Crippen molar-refractivity contribution in [2.45, 2.75) is 25.9 Å². The van der Waals surface area contributed by atoms with Crippen LogP contribution in [0.4, 0.5) is 13.2 Å². The lowest BCUT2D eigenvalue weighted by Crippen LogP contribution is -2.41. The van der Waals surface area contributed by atoms with Gasteiger partial charge in [-0.05, 0) is 43.9 Å². The third kappa shape index (κ3) is 3.77. The lowest BCUT2D eigenvalue weighted by atomic mass is 9.97. The summed E-state index contributed by atoms with van der Waals surface area (Å²) < 4.78 is 44.6. The van der Waals surface area contributed by atoms with Crippen molar-refractivity contribution in [2.24, 2.45) is 5.92 Å². The summed E-state index contributed by atoms with van der Waals surface area (Å²) in [6.07, 6.45) is -2.88. The van der Waals surface area contributed by atoms with E-state index in [0.717, 1.165) is 25.0 Å². The Hall–Kier alpha value is -2.94. The first-order valence-electron chi connectivity index (χ1n) is 9.62. The largest absolute Gasteiger partial charge is 0.416 e. The molecule has 1 aliphatic heterocycles. The number of halogens is 3. The minimum Gasteiger partial charge on any atom is -0.396 e. The highest BCUT2D eigenvalue weighted by Gasteiger charge is 2.31. The van der Waals surface area contributed by atoms with Crippen molar-refractivity contribution in [3.8, 4) is 11.3 Å². The number of hydrogen-bond acceptors (Lipinski definition) is 5. The molecule has 3 aromatic rings. The van der Waals surface area contributed by atoms with Crippen LogP contribution in [-0.2, 0) is 6.18 Å². The molecule has 158 valence electrons. The zero-order valence-corrected chi connectivity index (χ0v) is 16.2. The molecule has 1 amide bonds. The van der Waals surface area contributed by atoms with Crippen LogP contribution in [0.3, 0.4) is 0 Å². The second-order valence-corrected chi connectivity index (χ2v) is 7.52. The first-order valence-corrected chi connectivity index (χ1v) is 9.62. The maximum absolute atomic E-state index is 13.3. The lowest BCUT2D eigenvalue weighted by molar-refractivity contribution is -0.137. The van der Waals surface area contributed by atoms with Gasteiger partial charge in [-0.2, -0.15) is 13.2 Å². The Bertz CT molecular complexity index is 1090. The number of aryl methyl sites for hydroxylation is 1. The van der Waals surface area contributed by atoms with Crippen molar-refractivity contribution >= 4 is 17.0 Å². The van der Waals surface area contributed by atoms with Gasteiger partial charge in [0.2, 0.25) is 0 Å². The summed E-state index contributed by atoms with van der Waals surface area (Å²) in [5, 5.41) is 13.8. The van der Waals surface area contributed by atoms with Gasteiger partial charge in [-0.15, -0.1) is 0 Å². The molecule has 1 aromatic carbocycles. The van der Waals surface area contributed by atoms with Crippen molar-refractivity contribution in [3.63, 3.8) is 0 Å². The highest BCUT2D eigenvalue weighted by Crippen LogP contribution is 2.33. The van der Waals surface area contributed by atoms with Crippen LogP contribution in [0.15, 0.2) is 34.9 Å².